The van der Waals surface area contributed by atoms with E-state index in [4.69, 9.17) is 12.2 Å². The molecule has 0 aromatic carbocycles. The molecular formula is C20H23N5OS3. The molecule has 3 heterocycles. The molecule has 1 aliphatic carbocycles. The van der Waals surface area contributed by atoms with Crippen LogP contribution in [0.5, 0.6) is 0 Å². The van der Waals surface area contributed by atoms with E-state index in [2.05, 4.69) is 33.1 Å². The first-order valence-corrected chi connectivity index (χ1v) is 11.8. The van der Waals surface area contributed by atoms with Crippen molar-refractivity contribution in [2.75, 3.05) is 5.32 Å². The molecule has 3 aromatic heterocycles. The van der Waals surface area contributed by atoms with E-state index in [0.717, 1.165) is 28.3 Å². The molecule has 2 N–H and O–H groups in total. The first-order valence-electron chi connectivity index (χ1n) is 9.73. The van der Waals surface area contributed by atoms with Crippen LogP contribution >= 0.6 is 34.9 Å². The highest BCUT2D eigenvalue weighted by Crippen LogP contribution is 2.33. The summed E-state index contributed by atoms with van der Waals surface area (Å²) in [6.45, 7) is 6.25. The van der Waals surface area contributed by atoms with E-state index in [1.54, 1.807) is 17.4 Å². The summed E-state index contributed by atoms with van der Waals surface area (Å²) in [5.74, 6) is 0.622. The topological polar surface area (TPSA) is 75.6 Å². The van der Waals surface area contributed by atoms with Crippen molar-refractivity contribution in [1.29, 1.82) is 0 Å². The number of rotatable bonds is 5. The number of nitrogens with one attached hydrogen (secondary N) is 2. The first kappa shape index (κ1) is 20.2. The maximum atomic E-state index is 12.8. The molecule has 0 atom stereocenters. The van der Waals surface area contributed by atoms with Crippen LogP contribution in [0.4, 0.5) is 5.13 Å². The van der Waals surface area contributed by atoms with Crippen LogP contribution in [0.1, 0.15) is 51.5 Å². The van der Waals surface area contributed by atoms with Crippen molar-refractivity contribution in [3.8, 4) is 10.7 Å². The third-order valence-electron chi connectivity index (χ3n) is 5.01. The number of aryl methyl sites for hydroxylation is 3. The van der Waals surface area contributed by atoms with Crippen LogP contribution in [0.15, 0.2) is 18.7 Å². The van der Waals surface area contributed by atoms with E-state index in [0.29, 0.717) is 22.3 Å². The zero-order valence-corrected chi connectivity index (χ0v) is 18.7. The molecule has 0 bridgehead atoms. The molecular weight excluding hydrogens is 422 g/mol. The minimum atomic E-state index is -0.0907. The zero-order valence-electron chi connectivity index (χ0n) is 16.3. The third kappa shape index (κ3) is 4.26. The van der Waals surface area contributed by atoms with Gasteiger partial charge in [0.15, 0.2) is 15.7 Å². The minimum Gasteiger partial charge on any atom is -0.297 e. The van der Waals surface area contributed by atoms with Crippen molar-refractivity contribution in [3.05, 3.63) is 44.5 Å². The third-order valence-corrected chi connectivity index (χ3v) is 7.63. The Labute approximate surface area is 182 Å². The van der Waals surface area contributed by atoms with Gasteiger partial charge in [-0.1, -0.05) is 30.3 Å². The van der Waals surface area contributed by atoms with Crippen LogP contribution in [0.2, 0.25) is 0 Å². The second kappa shape index (κ2) is 8.73. The normalized spacial score (nSPS) is 14.1. The predicted octanol–water partition coefficient (Wildman–Crippen LogP) is 5.53. The standard InChI is InChI=1S/C20H23N5OS3/c1-3-10-25-17(23-24-20(25)27)16-12(2)21-19(29-16)22-18(26)15-11-13-8-6-4-5-7-9-14(13)28-15/h3,11H,1,4-10H2,2H3,(H,24,27)(H,21,22,26). The van der Waals surface area contributed by atoms with Gasteiger partial charge in [-0.15, -0.1) is 17.9 Å². The summed E-state index contributed by atoms with van der Waals surface area (Å²) in [5.41, 5.74) is 2.15. The Balaban J connectivity index is 1.56. The Hall–Kier alpha value is -2.10. The van der Waals surface area contributed by atoms with Gasteiger partial charge >= 0.3 is 0 Å². The summed E-state index contributed by atoms with van der Waals surface area (Å²) >= 11 is 8.33. The van der Waals surface area contributed by atoms with Gasteiger partial charge in [0.25, 0.3) is 5.91 Å². The van der Waals surface area contributed by atoms with Crippen molar-refractivity contribution in [2.45, 2.75) is 52.0 Å². The van der Waals surface area contributed by atoms with Gasteiger partial charge in [-0.3, -0.25) is 19.8 Å². The maximum Gasteiger partial charge on any atom is 0.267 e. The molecule has 29 heavy (non-hydrogen) atoms. The molecule has 0 unspecified atom stereocenters. The van der Waals surface area contributed by atoms with Gasteiger partial charge in [0.1, 0.15) is 0 Å². The fourth-order valence-corrected chi connectivity index (χ4v) is 5.88. The van der Waals surface area contributed by atoms with Gasteiger partial charge in [0, 0.05) is 11.4 Å². The summed E-state index contributed by atoms with van der Waals surface area (Å²) in [6, 6.07) is 2.07. The number of hydrogen-bond acceptors (Lipinski definition) is 6. The minimum absolute atomic E-state index is 0.0907. The number of aromatic amines is 1. The van der Waals surface area contributed by atoms with Gasteiger partial charge in [-0.2, -0.15) is 5.10 Å². The number of anilines is 1. The van der Waals surface area contributed by atoms with E-state index in [9.17, 15) is 4.79 Å². The van der Waals surface area contributed by atoms with Crippen LogP contribution in [0, 0.1) is 11.7 Å². The van der Waals surface area contributed by atoms with Gasteiger partial charge in [0.2, 0.25) is 0 Å². The summed E-state index contributed by atoms with van der Waals surface area (Å²) in [5, 5.41) is 10.7. The lowest BCUT2D eigenvalue weighted by Crippen LogP contribution is -2.09. The Morgan fingerprint density at radius 1 is 1.34 bits per heavy atom. The van der Waals surface area contributed by atoms with E-state index < -0.39 is 0 Å². The van der Waals surface area contributed by atoms with Crippen LogP contribution in [-0.4, -0.2) is 25.7 Å². The molecule has 1 aliphatic rings. The number of thiazole rings is 1. The number of H-pyrrole nitrogens is 1. The molecule has 0 spiro atoms. The van der Waals surface area contributed by atoms with Crippen molar-refractivity contribution in [1.82, 2.24) is 19.7 Å². The fourth-order valence-electron chi connectivity index (χ4n) is 3.56. The van der Waals surface area contributed by atoms with Crippen LogP contribution < -0.4 is 5.32 Å². The smallest absolute Gasteiger partial charge is 0.267 e. The van der Waals surface area contributed by atoms with Crippen molar-refractivity contribution >= 4 is 45.9 Å². The lowest BCUT2D eigenvalue weighted by molar-refractivity contribution is 0.103. The van der Waals surface area contributed by atoms with Gasteiger partial charge in [-0.05, 0) is 56.5 Å². The van der Waals surface area contributed by atoms with E-state index in [1.807, 2.05) is 11.5 Å². The number of fused-ring (bicyclic) bond motifs is 1. The van der Waals surface area contributed by atoms with Gasteiger partial charge in [0.05, 0.1) is 15.4 Å². The van der Waals surface area contributed by atoms with Crippen molar-refractivity contribution in [3.63, 3.8) is 0 Å². The van der Waals surface area contributed by atoms with E-state index in [-0.39, 0.29) is 5.91 Å². The Kier molecular flexibility index (Phi) is 6.07. The van der Waals surface area contributed by atoms with Gasteiger partial charge < -0.3 is 0 Å². The molecule has 6 nitrogen and oxygen atoms in total. The highest BCUT2D eigenvalue weighted by Gasteiger charge is 2.20. The predicted molar refractivity (Wildman–Crippen MR) is 122 cm³/mol. The lowest BCUT2D eigenvalue weighted by atomic mass is 10.00. The number of nitrogens with zero attached hydrogens (tertiary/aromatic N) is 3. The van der Waals surface area contributed by atoms with E-state index in [1.165, 1.54) is 47.5 Å². The molecule has 0 aliphatic heterocycles. The highest BCUT2D eigenvalue weighted by molar-refractivity contribution is 7.71. The molecule has 0 saturated heterocycles. The van der Waals surface area contributed by atoms with Crippen LogP contribution in [-0.2, 0) is 19.4 Å². The number of allylic oxidation sites excluding steroid dienone is 1. The second-order valence-electron chi connectivity index (χ2n) is 7.11. The Bertz CT molecular complexity index is 1080. The summed E-state index contributed by atoms with van der Waals surface area (Å²) in [7, 11) is 0. The Morgan fingerprint density at radius 3 is 2.93 bits per heavy atom. The average Bonchev–Trinajstić information content (AvgIpc) is 3.34. The summed E-state index contributed by atoms with van der Waals surface area (Å²) in [6.07, 6.45) is 8.91. The monoisotopic (exact) mass is 445 g/mol. The molecule has 0 fully saturated rings. The summed E-state index contributed by atoms with van der Waals surface area (Å²) < 4.78 is 2.41. The van der Waals surface area contributed by atoms with Crippen LogP contribution in [0.25, 0.3) is 10.7 Å². The van der Waals surface area contributed by atoms with Crippen molar-refractivity contribution < 1.29 is 4.79 Å². The number of amides is 1. The first-order chi connectivity index (χ1) is 14.1. The molecule has 152 valence electrons. The zero-order chi connectivity index (χ0) is 20.4. The number of hydrogen-bond donors (Lipinski definition) is 2. The molecule has 9 heteroatoms. The molecule has 0 radical (unpaired) electrons. The number of aromatic nitrogens is 4. The molecule has 0 saturated carbocycles. The molecule has 1 amide bonds. The van der Waals surface area contributed by atoms with Crippen LogP contribution in [0.3, 0.4) is 0 Å². The van der Waals surface area contributed by atoms with Gasteiger partial charge in [-0.25, -0.2) is 4.98 Å². The second-order valence-corrected chi connectivity index (χ2v) is 9.64. The SMILES string of the molecule is C=CCn1c(-c2sc(NC(=O)c3cc4c(s3)CCCCCC4)nc2C)n[nH]c1=S. The fraction of sp³-hybridized carbons (Fsp3) is 0.400. The summed E-state index contributed by atoms with van der Waals surface area (Å²) in [4.78, 5) is 20.4. The van der Waals surface area contributed by atoms with Crippen molar-refractivity contribution in [2.24, 2.45) is 0 Å². The molecule has 4 rings (SSSR count). The average molecular weight is 446 g/mol. The lowest BCUT2D eigenvalue weighted by Gasteiger charge is -2.07. The maximum absolute atomic E-state index is 12.8. The largest absolute Gasteiger partial charge is 0.297 e. The number of thiophene rings is 1. The molecule has 3 aromatic rings. The van der Waals surface area contributed by atoms with E-state index >= 15 is 0 Å². The number of carbonyl (C=O) groups is 1. The number of carbonyl (C=O) groups excluding carboxylic acids is 1. The Morgan fingerprint density at radius 2 is 2.14 bits per heavy atom. The highest BCUT2D eigenvalue weighted by atomic mass is 32.1. The quantitative estimate of drug-likeness (QED) is 0.400.